The molecule has 0 aromatic heterocycles. The van der Waals surface area contributed by atoms with Crippen LogP contribution in [0.2, 0.25) is 0 Å². The zero-order chi connectivity index (χ0) is 2.71. The maximum Gasteiger partial charge on any atom is 0.229 e. The molecule has 15 heavy (non-hydrogen) atoms. The molecular weight excluding hydrogens is 989 g/mol. The maximum absolute atomic E-state index is 3.86. The molecule has 16 radical (unpaired) electrons. The summed E-state index contributed by atoms with van der Waals surface area (Å²) in [5.41, 5.74) is 0. The van der Waals surface area contributed by atoms with E-state index in [4.69, 9.17) is 0 Å². The third-order valence-electron chi connectivity index (χ3n) is 0. The molecule has 4 N–H and O–H groups in total. The van der Waals surface area contributed by atoms with Crippen molar-refractivity contribution in [1.29, 1.82) is 0 Å². The molecule has 0 spiro atoms. The maximum atomic E-state index is 3.86. The van der Waals surface area contributed by atoms with Crippen LogP contribution in [0.15, 0.2) is 0 Å². The summed E-state index contributed by atoms with van der Waals surface area (Å²) in [6, 6.07) is 0. The van der Waals surface area contributed by atoms with Crippen LogP contribution in [0.1, 0.15) is 0 Å². The number of rotatable bonds is 0. The van der Waals surface area contributed by atoms with Gasteiger partial charge in [-0.1, -0.05) is 0 Å². The first-order valence-corrected chi connectivity index (χ1v) is 1.22. The molecule has 0 rings (SSSR count). The van der Waals surface area contributed by atoms with Crippen molar-refractivity contribution >= 4 is 21.0 Å². The van der Waals surface area contributed by atoms with Gasteiger partial charge in [-0.15, -0.1) is 0 Å². The van der Waals surface area contributed by atoms with Crippen LogP contribution in [-0.4, -0.2) is 21.0 Å². The monoisotopic (exact) mass is 993 g/mol. The Bertz CT molecular complexity index is 21.4. The fourth-order valence-electron chi connectivity index (χ4n) is 0. The molecule has 0 aliphatic carbocycles. The summed E-state index contributed by atoms with van der Waals surface area (Å²) in [6.07, 6.45) is 0. The second kappa shape index (κ2) is 98.5. The van der Waals surface area contributed by atoms with E-state index in [2.05, 4.69) is 25.1 Å². The van der Waals surface area contributed by atoms with Crippen molar-refractivity contribution in [2.24, 2.45) is 0 Å². The first-order chi connectivity index (χ1) is 1.41. The summed E-state index contributed by atoms with van der Waals surface area (Å²) in [5.74, 6) is 0. The summed E-state index contributed by atoms with van der Waals surface area (Å²) in [5, 5.41) is 0. The Kier molecular flexibility index (Phi) is 624. The molecule has 15 heteroatoms. The van der Waals surface area contributed by atoms with Crippen molar-refractivity contribution in [3.05, 3.63) is 12.3 Å². The minimum absolute atomic E-state index is 0. The molecule has 0 aromatic rings. The molecule has 0 amide bonds. The Hall–Kier alpha value is 11.4. The second-order valence-electron chi connectivity index (χ2n) is 0.102. The van der Waals surface area contributed by atoms with Gasteiger partial charge in [0.1, 0.15) is 0 Å². The molecular formula is H4N2OSi2Y10-2. The van der Waals surface area contributed by atoms with E-state index in [1.807, 2.05) is 0 Å². The Morgan fingerprint density at radius 1 is 0.400 bits per heavy atom. The minimum Gasteiger partial charge on any atom is -0.693 e. The molecule has 60 valence electrons. The first kappa shape index (κ1) is 95.0. The average Bonchev–Trinajstić information content (AvgIpc) is 0.918. The predicted octanol–water partition coefficient (Wildman–Crippen LogP) is 0.579. The van der Waals surface area contributed by atoms with Crippen molar-refractivity contribution in [3.63, 3.8) is 0 Å². The van der Waals surface area contributed by atoms with Crippen LogP contribution in [0.3, 0.4) is 0 Å². The normalized spacial score (nSPS) is 1.20. The number of hydrogen-bond acceptors (Lipinski definition) is 1. The summed E-state index contributed by atoms with van der Waals surface area (Å²) in [7, 11) is 5.19. The summed E-state index contributed by atoms with van der Waals surface area (Å²) >= 11 is 0. The van der Waals surface area contributed by atoms with Crippen LogP contribution in [0.5, 0.6) is 0 Å². The number of nitrogens with two attached hydrogens (primary N) is 2. The van der Waals surface area contributed by atoms with Crippen molar-refractivity contribution in [1.82, 2.24) is 0 Å². The quantitative estimate of drug-likeness (QED) is 0.328. The molecule has 0 aromatic carbocycles. The Labute approximate surface area is 352 Å². The Balaban J connectivity index is -0.000000000303. The first-order valence-electron chi connectivity index (χ1n) is 0.408. The number of hydrogen-bond donors (Lipinski definition) is 0. The van der Waals surface area contributed by atoms with Crippen LogP contribution >= 0.6 is 0 Å². The predicted molar refractivity (Wildman–Crippen MR) is 23.2 cm³/mol. The second-order valence-corrected chi connectivity index (χ2v) is 0.919. The van der Waals surface area contributed by atoms with E-state index in [1.54, 1.807) is 0 Å². The zero-order valence-electron chi connectivity index (χ0n) is 8.34. The van der Waals surface area contributed by atoms with Gasteiger partial charge in [-0.25, -0.2) is 0 Å². The van der Waals surface area contributed by atoms with Crippen LogP contribution in [-0.2, 0) is 331 Å². The average molecular weight is 993 g/mol. The largest absolute Gasteiger partial charge is 0.693 e. The summed E-state index contributed by atoms with van der Waals surface area (Å²) < 4.78 is 3.86. The SMILES string of the molecule is [NH2-].[NH2-].[Si]O[Si].[Y].[Y].[Y].[Y].[Y].[Y].[Y].[Y].[Y].[Y]. The van der Waals surface area contributed by atoms with Gasteiger partial charge in [-0.05, 0) is 0 Å². The van der Waals surface area contributed by atoms with Crippen LogP contribution in [0.25, 0.3) is 12.3 Å². The van der Waals surface area contributed by atoms with Crippen LogP contribution < -0.4 is 0 Å². The summed E-state index contributed by atoms with van der Waals surface area (Å²) in [6.45, 7) is 0. The van der Waals surface area contributed by atoms with Gasteiger partial charge in [-0.2, -0.15) is 0 Å². The summed E-state index contributed by atoms with van der Waals surface area (Å²) in [4.78, 5) is 0. The topological polar surface area (TPSA) is 76.2 Å². The van der Waals surface area contributed by atoms with Gasteiger partial charge in [0.2, 0.25) is 21.0 Å². The standard InChI is InChI=1S/2H2N.OSi2.10Y/c;;2-1-3;;;;;;;;;;/h2*1H2;;;;;;;;;;;/q2*-1;;;;;;;;;;;. The third kappa shape index (κ3) is 107. The fourth-order valence-corrected chi connectivity index (χ4v) is 0. The van der Waals surface area contributed by atoms with E-state index in [9.17, 15) is 0 Å². The zero-order valence-corrected chi connectivity index (χ0v) is 38.7. The van der Waals surface area contributed by atoms with Crippen molar-refractivity contribution in [3.8, 4) is 0 Å². The molecule has 0 saturated heterocycles. The molecule has 0 fully saturated rings. The smallest absolute Gasteiger partial charge is 0.229 e. The van der Waals surface area contributed by atoms with Crippen LogP contribution in [0.4, 0.5) is 0 Å². The molecule has 0 aliphatic rings. The molecule has 3 nitrogen and oxygen atoms in total. The van der Waals surface area contributed by atoms with Gasteiger partial charge >= 0.3 is 0 Å². The molecule has 0 atom stereocenters. The fraction of sp³-hybridized carbons (Fsp3) is 0. The van der Waals surface area contributed by atoms with Gasteiger partial charge in [-0.3, -0.25) is 0 Å². The van der Waals surface area contributed by atoms with Gasteiger partial charge in [0.15, 0.2) is 0 Å². The Morgan fingerprint density at radius 2 is 0.400 bits per heavy atom. The van der Waals surface area contributed by atoms with Gasteiger partial charge in [0.25, 0.3) is 0 Å². The third-order valence-corrected chi connectivity index (χ3v) is 0. The van der Waals surface area contributed by atoms with Crippen molar-refractivity contribution in [2.45, 2.75) is 0 Å². The van der Waals surface area contributed by atoms with Gasteiger partial charge in [0, 0.05) is 327 Å². The van der Waals surface area contributed by atoms with E-state index in [1.165, 1.54) is 0 Å². The van der Waals surface area contributed by atoms with E-state index < -0.39 is 0 Å². The molecule has 0 heterocycles. The van der Waals surface area contributed by atoms with Crippen molar-refractivity contribution < 1.29 is 331 Å². The minimum atomic E-state index is 0. The van der Waals surface area contributed by atoms with Crippen LogP contribution in [0, 0.1) is 0 Å². The molecule has 0 aliphatic heterocycles. The van der Waals surface area contributed by atoms with Gasteiger partial charge < -0.3 is 16.4 Å². The molecule has 0 unspecified atom stereocenters. The van der Waals surface area contributed by atoms with E-state index in [0.717, 1.165) is 0 Å². The van der Waals surface area contributed by atoms with E-state index in [0.29, 0.717) is 0 Å². The van der Waals surface area contributed by atoms with Crippen molar-refractivity contribution in [2.75, 3.05) is 0 Å². The molecule has 0 saturated carbocycles. The van der Waals surface area contributed by atoms with Gasteiger partial charge in [0.05, 0.1) is 0 Å². The molecule has 0 bridgehead atoms. The van der Waals surface area contributed by atoms with E-state index >= 15 is 0 Å². The Morgan fingerprint density at radius 3 is 0.400 bits per heavy atom. The van der Waals surface area contributed by atoms with E-state index in [-0.39, 0.29) is 339 Å².